The summed E-state index contributed by atoms with van der Waals surface area (Å²) in [7, 11) is 3.32. The molecule has 26 heavy (non-hydrogen) atoms. The fraction of sp³-hybridized carbons (Fsp3) is 0.526. The van der Waals surface area contributed by atoms with E-state index in [2.05, 4.69) is 16.3 Å². The lowest BCUT2D eigenvalue weighted by atomic mass is 10.1. The molecule has 1 aromatic heterocycles. The number of anilines is 1. The van der Waals surface area contributed by atoms with Crippen LogP contribution in [0.3, 0.4) is 0 Å². The molecule has 0 bridgehead atoms. The molecular formula is C19H27N3O4. The van der Waals surface area contributed by atoms with Crippen molar-refractivity contribution in [1.82, 2.24) is 10.3 Å². The van der Waals surface area contributed by atoms with Crippen LogP contribution in [0.2, 0.25) is 0 Å². The molecule has 1 aliphatic rings. The molecule has 3 rings (SSSR count). The summed E-state index contributed by atoms with van der Waals surface area (Å²) in [4.78, 5) is 7.21. The zero-order valence-corrected chi connectivity index (χ0v) is 15.5. The Morgan fingerprint density at radius 1 is 1.19 bits per heavy atom. The molecule has 0 saturated carbocycles. The lowest BCUT2D eigenvalue weighted by Gasteiger charge is -2.30. The van der Waals surface area contributed by atoms with Crippen LogP contribution < -0.4 is 19.7 Å². The molecule has 0 amide bonds. The predicted molar refractivity (Wildman–Crippen MR) is 101 cm³/mol. The largest absolute Gasteiger partial charge is 0.496 e. The first-order valence-electron chi connectivity index (χ1n) is 8.97. The molecular weight excluding hydrogens is 334 g/mol. The highest BCUT2D eigenvalue weighted by molar-refractivity contribution is 5.92. The lowest BCUT2D eigenvalue weighted by Crippen LogP contribution is -2.37. The number of methoxy groups -OCH3 is 2. The van der Waals surface area contributed by atoms with Crippen molar-refractivity contribution in [2.24, 2.45) is 0 Å². The van der Waals surface area contributed by atoms with E-state index in [0.29, 0.717) is 19.8 Å². The summed E-state index contributed by atoms with van der Waals surface area (Å²) in [6.07, 6.45) is 0.727. The molecule has 1 saturated heterocycles. The maximum absolute atomic E-state index is 8.98. The number of pyridine rings is 1. The Kier molecular flexibility index (Phi) is 6.49. The minimum atomic E-state index is 0.185. The van der Waals surface area contributed by atoms with Crippen LogP contribution in [0.4, 0.5) is 5.82 Å². The number of rotatable bonds is 8. The van der Waals surface area contributed by atoms with Crippen LogP contribution in [0.1, 0.15) is 12.0 Å². The number of fused-ring (bicyclic) bond motifs is 1. The molecule has 0 radical (unpaired) electrons. The molecule has 1 aromatic carbocycles. The van der Waals surface area contributed by atoms with Gasteiger partial charge in [-0.1, -0.05) is 0 Å². The van der Waals surface area contributed by atoms with E-state index in [1.807, 2.05) is 12.1 Å². The summed E-state index contributed by atoms with van der Waals surface area (Å²) in [5.41, 5.74) is 1.90. The highest BCUT2D eigenvalue weighted by atomic mass is 16.5. The van der Waals surface area contributed by atoms with Gasteiger partial charge in [-0.05, 0) is 31.2 Å². The Labute approximate surface area is 153 Å². The van der Waals surface area contributed by atoms with Crippen molar-refractivity contribution in [2.75, 3.05) is 58.6 Å². The van der Waals surface area contributed by atoms with E-state index in [0.717, 1.165) is 59.8 Å². The third-order valence-corrected chi connectivity index (χ3v) is 4.54. The van der Waals surface area contributed by atoms with E-state index >= 15 is 0 Å². The van der Waals surface area contributed by atoms with Crippen LogP contribution in [0.5, 0.6) is 11.5 Å². The van der Waals surface area contributed by atoms with Crippen molar-refractivity contribution in [3.63, 3.8) is 0 Å². The topological polar surface area (TPSA) is 76.1 Å². The molecule has 142 valence electrons. The summed E-state index contributed by atoms with van der Waals surface area (Å²) in [5.74, 6) is 2.46. The molecule has 0 atom stereocenters. The standard InChI is InChI=1S/C19H27N3O4/c1-24-16-4-5-17(25-2)18-15(16)12-14(13-20-6-3-9-23)19(21-18)22-7-10-26-11-8-22/h4-5,12,20,23H,3,6-11,13H2,1-2H3. The number of aliphatic hydroxyl groups is 1. The van der Waals surface area contributed by atoms with Crippen molar-refractivity contribution in [3.8, 4) is 11.5 Å². The van der Waals surface area contributed by atoms with Gasteiger partial charge < -0.3 is 29.5 Å². The van der Waals surface area contributed by atoms with E-state index in [4.69, 9.17) is 24.3 Å². The third-order valence-electron chi connectivity index (χ3n) is 4.54. The molecule has 2 aromatic rings. The zero-order valence-electron chi connectivity index (χ0n) is 15.5. The molecule has 7 heteroatoms. The maximum atomic E-state index is 8.98. The second kappa shape index (κ2) is 9.02. The van der Waals surface area contributed by atoms with E-state index in [-0.39, 0.29) is 6.61 Å². The van der Waals surface area contributed by atoms with Gasteiger partial charge in [0.05, 0.1) is 27.4 Å². The number of hydrogen-bond acceptors (Lipinski definition) is 7. The van der Waals surface area contributed by atoms with Gasteiger partial charge in [0.15, 0.2) is 0 Å². The smallest absolute Gasteiger partial charge is 0.145 e. The molecule has 0 aliphatic carbocycles. The number of hydrogen-bond donors (Lipinski definition) is 2. The number of ether oxygens (including phenoxy) is 3. The third kappa shape index (κ3) is 4.00. The Hall–Kier alpha value is -2.09. The molecule has 2 heterocycles. The molecule has 2 N–H and O–H groups in total. The van der Waals surface area contributed by atoms with Crippen molar-refractivity contribution in [2.45, 2.75) is 13.0 Å². The van der Waals surface area contributed by atoms with Gasteiger partial charge in [-0.25, -0.2) is 4.98 Å². The number of nitrogens with zero attached hydrogens (tertiary/aromatic N) is 2. The number of morpholine rings is 1. The first kappa shape index (κ1) is 18.7. The Morgan fingerprint density at radius 3 is 2.62 bits per heavy atom. The van der Waals surface area contributed by atoms with Crippen molar-refractivity contribution in [1.29, 1.82) is 0 Å². The summed E-state index contributed by atoms with van der Waals surface area (Å²) >= 11 is 0. The minimum Gasteiger partial charge on any atom is -0.496 e. The average Bonchev–Trinajstić information content (AvgIpc) is 2.70. The van der Waals surface area contributed by atoms with Gasteiger partial charge in [0, 0.05) is 37.2 Å². The minimum absolute atomic E-state index is 0.185. The molecule has 0 unspecified atom stereocenters. The van der Waals surface area contributed by atoms with Gasteiger partial charge in [0.1, 0.15) is 22.8 Å². The highest BCUT2D eigenvalue weighted by Crippen LogP contribution is 2.35. The van der Waals surface area contributed by atoms with E-state index in [1.54, 1.807) is 14.2 Å². The van der Waals surface area contributed by atoms with Crippen molar-refractivity contribution >= 4 is 16.7 Å². The highest BCUT2D eigenvalue weighted by Gasteiger charge is 2.20. The molecule has 1 aliphatic heterocycles. The monoisotopic (exact) mass is 361 g/mol. The number of benzene rings is 1. The predicted octanol–water partition coefficient (Wildman–Crippen LogP) is 1.56. The molecule has 7 nitrogen and oxygen atoms in total. The van der Waals surface area contributed by atoms with E-state index in [1.165, 1.54) is 0 Å². The number of aliphatic hydroxyl groups excluding tert-OH is 1. The zero-order chi connectivity index (χ0) is 18.4. The maximum Gasteiger partial charge on any atom is 0.145 e. The van der Waals surface area contributed by atoms with E-state index in [9.17, 15) is 0 Å². The van der Waals surface area contributed by atoms with Crippen LogP contribution >= 0.6 is 0 Å². The van der Waals surface area contributed by atoms with Gasteiger partial charge in [-0.15, -0.1) is 0 Å². The van der Waals surface area contributed by atoms with Gasteiger partial charge in [-0.2, -0.15) is 0 Å². The Balaban J connectivity index is 2.04. The van der Waals surface area contributed by atoms with Gasteiger partial charge >= 0.3 is 0 Å². The van der Waals surface area contributed by atoms with Crippen molar-refractivity contribution < 1.29 is 19.3 Å². The number of nitrogens with one attached hydrogen (secondary N) is 1. The second-order valence-electron chi connectivity index (χ2n) is 6.19. The quantitative estimate of drug-likeness (QED) is 0.691. The summed E-state index contributed by atoms with van der Waals surface area (Å²) in [5, 5.41) is 13.3. The van der Waals surface area contributed by atoms with Crippen LogP contribution in [0.25, 0.3) is 10.9 Å². The van der Waals surface area contributed by atoms with Gasteiger partial charge in [-0.3, -0.25) is 0 Å². The first-order chi connectivity index (χ1) is 12.8. The fourth-order valence-corrected chi connectivity index (χ4v) is 3.19. The lowest BCUT2D eigenvalue weighted by molar-refractivity contribution is 0.122. The Morgan fingerprint density at radius 2 is 1.92 bits per heavy atom. The molecule has 0 spiro atoms. The van der Waals surface area contributed by atoms with Crippen LogP contribution in [-0.4, -0.2) is 63.8 Å². The normalized spacial score (nSPS) is 14.7. The summed E-state index contributed by atoms with van der Waals surface area (Å²) in [6, 6.07) is 5.91. The van der Waals surface area contributed by atoms with Crippen LogP contribution in [-0.2, 0) is 11.3 Å². The number of aromatic nitrogens is 1. The molecule has 1 fully saturated rings. The van der Waals surface area contributed by atoms with Gasteiger partial charge in [0.2, 0.25) is 0 Å². The van der Waals surface area contributed by atoms with Crippen LogP contribution in [0, 0.1) is 0 Å². The second-order valence-corrected chi connectivity index (χ2v) is 6.19. The Bertz CT molecular complexity index is 732. The fourth-order valence-electron chi connectivity index (χ4n) is 3.19. The van der Waals surface area contributed by atoms with Crippen molar-refractivity contribution in [3.05, 3.63) is 23.8 Å². The van der Waals surface area contributed by atoms with Crippen LogP contribution in [0.15, 0.2) is 18.2 Å². The average molecular weight is 361 g/mol. The van der Waals surface area contributed by atoms with Gasteiger partial charge in [0.25, 0.3) is 0 Å². The summed E-state index contributed by atoms with van der Waals surface area (Å²) in [6.45, 7) is 4.65. The van der Waals surface area contributed by atoms with E-state index < -0.39 is 0 Å². The SMILES string of the molecule is COc1ccc(OC)c2nc(N3CCOCC3)c(CNCCCO)cc12. The first-order valence-corrected chi connectivity index (χ1v) is 8.97. The summed E-state index contributed by atoms with van der Waals surface area (Å²) < 4.78 is 16.5.